The molecule has 6 nitrogen and oxygen atoms in total. The summed E-state index contributed by atoms with van der Waals surface area (Å²) in [5.74, 6) is 6.09. The predicted octanol–water partition coefficient (Wildman–Crippen LogP) is -0.534. The van der Waals surface area contributed by atoms with Crippen LogP contribution in [0.15, 0.2) is 30.6 Å². The van der Waals surface area contributed by atoms with E-state index in [0.717, 1.165) is 16.6 Å². The molecule has 2 heterocycles. The first kappa shape index (κ1) is 7.98. The molecule has 0 fully saturated rings. The fraction of sp³-hybridized carbons (Fsp3) is 0. The van der Waals surface area contributed by atoms with Gasteiger partial charge in [-0.3, -0.25) is 5.84 Å². The summed E-state index contributed by atoms with van der Waals surface area (Å²) in [6, 6.07) is 7.65. The lowest BCUT2D eigenvalue weighted by Crippen LogP contribution is -2.43. The van der Waals surface area contributed by atoms with Gasteiger partial charge in [-0.25, -0.2) is 0 Å². The second-order valence-corrected chi connectivity index (χ2v) is 3.26. The third kappa shape index (κ3) is 0.954. The number of fused-ring (bicyclic) bond motifs is 3. The van der Waals surface area contributed by atoms with Gasteiger partial charge in [0.1, 0.15) is 0 Å². The van der Waals surface area contributed by atoms with Crippen molar-refractivity contribution in [2.75, 3.05) is 11.6 Å². The third-order valence-electron chi connectivity index (χ3n) is 2.33. The molecule has 0 radical (unpaired) electrons. The highest BCUT2D eigenvalue weighted by molar-refractivity contribution is 5.90. The van der Waals surface area contributed by atoms with E-state index in [0.29, 0.717) is 5.95 Å². The number of nitrogens with zero attached hydrogens (tertiary/aromatic N) is 4. The summed E-state index contributed by atoms with van der Waals surface area (Å²) < 4.78 is 2.95. The minimum atomic E-state index is 0.327. The molecule has 0 atom stereocenters. The summed E-state index contributed by atoms with van der Waals surface area (Å²) >= 11 is 0. The van der Waals surface area contributed by atoms with Gasteiger partial charge < -0.3 is 5.73 Å². The highest BCUT2D eigenvalue weighted by Gasteiger charge is 2.16. The molecule has 6 heteroatoms. The van der Waals surface area contributed by atoms with Gasteiger partial charge in [0.05, 0.1) is 10.9 Å². The van der Waals surface area contributed by atoms with E-state index in [4.69, 9.17) is 11.6 Å². The van der Waals surface area contributed by atoms with E-state index in [9.17, 15) is 0 Å². The molecule has 2 aromatic heterocycles. The number of para-hydroxylation sites is 1. The Kier molecular flexibility index (Phi) is 1.37. The van der Waals surface area contributed by atoms with E-state index in [-0.39, 0.29) is 0 Å². The van der Waals surface area contributed by atoms with E-state index in [1.807, 2.05) is 24.3 Å². The lowest BCUT2D eigenvalue weighted by atomic mass is 10.2. The molecule has 0 unspecified atom stereocenters. The van der Waals surface area contributed by atoms with Crippen LogP contribution in [0.25, 0.3) is 16.6 Å². The van der Waals surface area contributed by atoms with Gasteiger partial charge >= 0.3 is 11.6 Å². The van der Waals surface area contributed by atoms with Crippen LogP contribution in [-0.2, 0) is 0 Å². The molecule has 1 aromatic carbocycles. The Balaban J connectivity index is 2.67. The van der Waals surface area contributed by atoms with Gasteiger partial charge in [0.15, 0.2) is 0 Å². The summed E-state index contributed by atoms with van der Waals surface area (Å²) in [6.07, 6.45) is 1.50. The Bertz CT molecular complexity index is 656. The van der Waals surface area contributed by atoms with E-state index in [1.54, 1.807) is 0 Å². The maximum Gasteiger partial charge on any atom is 0.301 e. The Morgan fingerprint density at radius 1 is 1.27 bits per heavy atom. The zero-order chi connectivity index (χ0) is 10.4. The zero-order valence-electron chi connectivity index (χ0n) is 7.83. The number of hydrogen-bond donors (Lipinski definition) is 2. The quantitative estimate of drug-likeness (QED) is 0.378. The van der Waals surface area contributed by atoms with Crippen molar-refractivity contribution in [3.63, 3.8) is 0 Å². The smallest absolute Gasteiger partial charge is 0.301 e. The Morgan fingerprint density at radius 3 is 2.93 bits per heavy atom. The van der Waals surface area contributed by atoms with Crippen LogP contribution in [-0.4, -0.2) is 14.6 Å². The van der Waals surface area contributed by atoms with Crippen molar-refractivity contribution in [2.45, 2.75) is 0 Å². The van der Waals surface area contributed by atoms with Gasteiger partial charge in [0, 0.05) is 5.10 Å². The van der Waals surface area contributed by atoms with Gasteiger partial charge in [-0.15, -0.1) is 4.68 Å². The Morgan fingerprint density at radius 2 is 2.07 bits per heavy atom. The molecular weight excluding hydrogens is 192 g/mol. The van der Waals surface area contributed by atoms with Crippen LogP contribution in [0.2, 0.25) is 0 Å². The second-order valence-electron chi connectivity index (χ2n) is 3.26. The highest BCUT2D eigenvalue weighted by atomic mass is 15.4. The van der Waals surface area contributed by atoms with Crippen LogP contribution in [0.1, 0.15) is 0 Å². The number of nitrogen functional groups attached to an aromatic ring is 2. The zero-order valence-corrected chi connectivity index (χ0v) is 7.83. The first-order valence-electron chi connectivity index (χ1n) is 4.46. The van der Waals surface area contributed by atoms with Crippen molar-refractivity contribution in [1.29, 1.82) is 0 Å². The normalized spacial score (nSPS) is 11.2. The van der Waals surface area contributed by atoms with Crippen LogP contribution in [0.4, 0.5) is 5.95 Å². The molecule has 0 bridgehead atoms. The number of hydrogen-bond acceptors (Lipinski definition) is 4. The maximum atomic E-state index is 5.76. The minimum absolute atomic E-state index is 0.327. The number of aromatic nitrogens is 4. The Labute approximate surface area is 84.7 Å². The minimum Gasteiger partial charge on any atom is -0.354 e. The second kappa shape index (κ2) is 2.57. The van der Waals surface area contributed by atoms with Crippen molar-refractivity contribution >= 4 is 22.5 Å². The molecule has 0 saturated carbocycles. The maximum absolute atomic E-state index is 5.76. The van der Waals surface area contributed by atoms with Crippen molar-refractivity contribution in [3.8, 4) is 0 Å². The summed E-state index contributed by atoms with van der Waals surface area (Å²) in [7, 11) is 0. The first-order valence-corrected chi connectivity index (χ1v) is 4.46. The molecule has 3 rings (SSSR count). The van der Waals surface area contributed by atoms with Crippen LogP contribution in [0, 0.1) is 0 Å². The molecule has 0 spiro atoms. The van der Waals surface area contributed by atoms with Crippen LogP contribution in [0.3, 0.4) is 0 Å². The molecule has 74 valence electrons. The molecule has 15 heavy (non-hydrogen) atoms. The predicted molar refractivity (Wildman–Crippen MR) is 55.3 cm³/mol. The first-order chi connectivity index (χ1) is 7.27. The number of nitrogens with two attached hydrogens (primary N) is 2. The lowest BCUT2D eigenvalue weighted by molar-refractivity contribution is -0.611. The summed E-state index contributed by atoms with van der Waals surface area (Å²) in [5.41, 5.74) is 7.30. The molecule has 3 aromatic rings. The molecule has 4 N–H and O–H groups in total. The van der Waals surface area contributed by atoms with Gasteiger partial charge in [-0.05, 0) is 16.6 Å². The van der Waals surface area contributed by atoms with Crippen LogP contribution in [0.5, 0.6) is 0 Å². The van der Waals surface area contributed by atoms with E-state index in [2.05, 4.69) is 10.1 Å². The largest absolute Gasteiger partial charge is 0.354 e. The van der Waals surface area contributed by atoms with E-state index < -0.39 is 0 Å². The van der Waals surface area contributed by atoms with Crippen LogP contribution >= 0.6 is 0 Å². The number of benzene rings is 1. The molecule has 0 aliphatic heterocycles. The van der Waals surface area contributed by atoms with Crippen molar-refractivity contribution < 1.29 is 4.68 Å². The van der Waals surface area contributed by atoms with Crippen molar-refractivity contribution in [2.24, 2.45) is 0 Å². The molecular formula is C9H9N6+. The molecule has 0 aliphatic rings. The van der Waals surface area contributed by atoms with Gasteiger partial charge in [0.25, 0.3) is 6.33 Å². The fourth-order valence-electron chi connectivity index (χ4n) is 1.68. The van der Waals surface area contributed by atoms with E-state index in [1.165, 1.54) is 15.5 Å². The van der Waals surface area contributed by atoms with Crippen molar-refractivity contribution in [3.05, 3.63) is 30.6 Å². The summed E-state index contributed by atoms with van der Waals surface area (Å²) in [4.78, 5) is 4.23. The third-order valence-corrected chi connectivity index (χ3v) is 2.33. The van der Waals surface area contributed by atoms with Crippen LogP contribution < -0.4 is 16.3 Å². The molecule has 0 saturated heterocycles. The molecule has 0 aliphatic carbocycles. The van der Waals surface area contributed by atoms with Crippen molar-refractivity contribution in [1.82, 2.24) is 14.6 Å². The topological polar surface area (TPSA) is 86.1 Å². The average Bonchev–Trinajstić information content (AvgIpc) is 2.62. The summed E-state index contributed by atoms with van der Waals surface area (Å²) in [6.45, 7) is 0. The lowest BCUT2D eigenvalue weighted by Gasteiger charge is -1.97. The SMILES string of the molecule is Nc1nc2ccccc2c2n1nc[n+]2N. The summed E-state index contributed by atoms with van der Waals surface area (Å²) in [5, 5.41) is 4.96. The standard InChI is InChI=1S/C9H8N6/c10-9-13-7-4-2-1-3-6(7)8-14(11)5-12-15(8)9/h1-5,10H,11H2/p+1. The average molecular weight is 201 g/mol. The fourth-order valence-corrected chi connectivity index (χ4v) is 1.68. The van der Waals surface area contributed by atoms with E-state index >= 15 is 0 Å². The number of rotatable bonds is 0. The number of anilines is 1. The van der Waals surface area contributed by atoms with Gasteiger partial charge in [-0.2, -0.15) is 4.98 Å². The highest BCUT2D eigenvalue weighted by Crippen LogP contribution is 2.16. The molecule has 0 amide bonds. The van der Waals surface area contributed by atoms with Gasteiger partial charge in [-0.1, -0.05) is 12.1 Å². The Hall–Kier alpha value is -2.37. The van der Waals surface area contributed by atoms with Gasteiger partial charge in [0.2, 0.25) is 0 Å². The monoisotopic (exact) mass is 201 g/mol.